The highest BCUT2D eigenvalue weighted by molar-refractivity contribution is 6.99. The number of hydrogen-bond donors (Lipinski definition) is 0. The van der Waals surface area contributed by atoms with Crippen molar-refractivity contribution >= 4 is 18.7 Å². The molecular weight excluding hydrogens is 404 g/mol. The van der Waals surface area contributed by atoms with Crippen LogP contribution in [0.3, 0.4) is 0 Å². The summed E-state index contributed by atoms with van der Waals surface area (Å²) in [5.41, 5.74) is -0.419. The van der Waals surface area contributed by atoms with E-state index >= 15 is 0 Å². The molecule has 4 rings (SSSR count). The highest BCUT2D eigenvalue weighted by Gasteiger charge is 2.60. The van der Waals surface area contributed by atoms with Crippen LogP contribution in [0.1, 0.15) is 48.5 Å². The molecule has 4 nitrogen and oxygen atoms in total. The predicted molar refractivity (Wildman–Crippen MR) is 126 cm³/mol. The molecule has 0 bridgehead atoms. The SMILES string of the molecule is CC1(C)O[C@H]2[C@@H](O1)C(C)(C)O[C@@H]2CO[Si](c1ccccc1)(c1ccccc1)C(C)(C)C. The van der Waals surface area contributed by atoms with Gasteiger partial charge in [-0.1, -0.05) is 81.4 Å². The maximum atomic E-state index is 7.10. The third-order valence-electron chi connectivity index (χ3n) is 6.52. The Morgan fingerprint density at radius 2 is 1.32 bits per heavy atom. The molecule has 168 valence electrons. The number of ether oxygens (including phenoxy) is 3. The van der Waals surface area contributed by atoms with Crippen LogP contribution in [0.4, 0.5) is 0 Å². The van der Waals surface area contributed by atoms with Crippen molar-refractivity contribution in [1.29, 1.82) is 0 Å². The van der Waals surface area contributed by atoms with E-state index in [-0.39, 0.29) is 23.4 Å². The van der Waals surface area contributed by atoms with E-state index in [9.17, 15) is 0 Å². The van der Waals surface area contributed by atoms with Crippen LogP contribution in [0.15, 0.2) is 60.7 Å². The Balaban J connectivity index is 1.71. The first-order valence-electron chi connectivity index (χ1n) is 11.2. The zero-order valence-corrected chi connectivity index (χ0v) is 20.8. The third kappa shape index (κ3) is 4.03. The zero-order valence-electron chi connectivity index (χ0n) is 19.8. The maximum Gasteiger partial charge on any atom is 0.261 e. The summed E-state index contributed by atoms with van der Waals surface area (Å²) in [5, 5.41) is 2.47. The summed E-state index contributed by atoms with van der Waals surface area (Å²) >= 11 is 0. The van der Waals surface area contributed by atoms with Crippen LogP contribution in [0.25, 0.3) is 0 Å². The molecule has 0 radical (unpaired) electrons. The Morgan fingerprint density at radius 1 is 0.806 bits per heavy atom. The third-order valence-corrected chi connectivity index (χ3v) is 11.5. The second kappa shape index (κ2) is 7.82. The molecule has 2 heterocycles. The van der Waals surface area contributed by atoms with E-state index < -0.39 is 19.7 Å². The molecule has 0 aromatic heterocycles. The van der Waals surface area contributed by atoms with Gasteiger partial charge in [0.05, 0.1) is 12.2 Å². The summed E-state index contributed by atoms with van der Waals surface area (Å²) in [4.78, 5) is 0. The van der Waals surface area contributed by atoms with Gasteiger partial charge < -0.3 is 18.6 Å². The van der Waals surface area contributed by atoms with Crippen LogP contribution in [-0.4, -0.2) is 44.6 Å². The van der Waals surface area contributed by atoms with Gasteiger partial charge >= 0.3 is 0 Å². The molecule has 0 N–H and O–H groups in total. The van der Waals surface area contributed by atoms with Crippen LogP contribution in [0, 0.1) is 0 Å². The molecule has 2 aliphatic heterocycles. The molecule has 3 atom stereocenters. The average Bonchev–Trinajstić information content (AvgIpc) is 3.15. The molecule has 5 heteroatoms. The number of rotatable bonds is 5. The number of hydrogen-bond acceptors (Lipinski definition) is 4. The molecule has 31 heavy (non-hydrogen) atoms. The van der Waals surface area contributed by atoms with E-state index in [0.29, 0.717) is 6.61 Å². The highest BCUT2D eigenvalue weighted by Crippen LogP contribution is 2.45. The summed E-state index contributed by atoms with van der Waals surface area (Å²) in [5.74, 6) is -0.605. The molecule has 2 saturated heterocycles. The smallest absolute Gasteiger partial charge is 0.261 e. The fourth-order valence-electron chi connectivity index (χ4n) is 5.22. The first kappa shape index (κ1) is 22.7. The highest BCUT2D eigenvalue weighted by atomic mass is 28.4. The van der Waals surface area contributed by atoms with Gasteiger partial charge in [0.1, 0.15) is 18.3 Å². The summed E-state index contributed by atoms with van der Waals surface area (Å²) in [7, 11) is -2.62. The van der Waals surface area contributed by atoms with E-state index in [0.717, 1.165) is 0 Å². The van der Waals surface area contributed by atoms with Crippen molar-refractivity contribution in [2.24, 2.45) is 0 Å². The quantitative estimate of drug-likeness (QED) is 0.651. The predicted octanol–water partition coefficient (Wildman–Crippen LogP) is 4.26. The first-order chi connectivity index (χ1) is 14.5. The molecule has 0 saturated carbocycles. The van der Waals surface area contributed by atoms with Crippen LogP contribution in [-0.2, 0) is 18.6 Å². The lowest BCUT2D eigenvalue weighted by Crippen LogP contribution is -2.67. The van der Waals surface area contributed by atoms with E-state index in [1.54, 1.807) is 0 Å². The Kier molecular flexibility index (Phi) is 5.72. The van der Waals surface area contributed by atoms with Gasteiger partial charge in [0.2, 0.25) is 0 Å². The minimum Gasteiger partial charge on any atom is -0.405 e. The Morgan fingerprint density at radius 3 is 1.81 bits per heavy atom. The van der Waals surface area contributed by atoms with Gasteiger partial charge in [-0.15, -0.1) is 0 Å². The normalized spacial score (nSPS) is 27.3. The van der Waals surface area contributed by atoms with Crippen LogP contribution in [0.5, 0.6) is 0 Å². The molecule has 0 unspecified atom stereocenters. The molecule has 2 aliphatic rings. The van der Waals surface area contributed by atoms with Gasteiger partial charge in [-0.3, -0.25) is 0 Å². The van der Waals surface area contributed by atoms with Crippen LogP contribution < -0.4 is 10.4 Å². The van der Waals surface area contributed by atoms with Gasteiger partial charge in [-0.05, 0) is 43.1 Å². The molecule has 0 aliphatic carbocycles. The Hall–Kier alpha value is -1.50. The fraction of sp³-hybridized carbons (Fsp3) is 0.538. The second-order valence-electron chi connectivity index (χ2n) is 10.8. The van der Waals surface area contributed by atoms with Crippen molar-refractivity contribution in [2.75, 3.05) is 6.61 Å². The molecule has 2 aromatic carbocycles. The Bertz CT molecular complexity index is 849. The fourth-order valence-corrected chi connectivity index (χ4v) is 9.79. The lowest BCUT2D eigenvalue weighted by Gasteiger charge is -2.43. The molecule has 0 amide bonds. The first-order valence-corrected chi connectivity index (χ1v) is 13.2. The summed E-state index contributed by atoms with van der Waals surface area (Å²) < 4.78 is 26.0. The molecule has 2 fully saturated rings. The van der Waals surface area contributed by atoms with Gasteiger partial charge in [0.15, 0.2) is 5.79 Å². The summed E-state index contributed by atoms with van der Waals surface area (Å²) in [6.45, 7) is 15.5. The summed E-state index contributed by atoms with van der Waals surface area (Å²) in [6, 6.07) is 21.4. The second-order valence-corrected chi connectivity index (χ2v) is 15.1. The van der Waals surface area contributed by atoms with Crippen molar-refractivity contribution in [3.05, 3.63) is 60.7 Å². The zero-order chi connectivity index (χ0) is 22.5. The van der Waals surface area contributed by atoms with Crippen LogP contribution >= 0.6 is 0 Å². The average molecular weight is 441 g/mol. The van der Waals surface area contributed by atoms with Crippen molar-refractivity contribution in [1.82, 2.24) is 0 Å². The lowest BCUT2D eigenvalue weighted by atomic mass is 9.99. The van der Waals surface area contributed by atoms with Gasteiger partial charge in [-0.25, -0.2) is 0 Å². The van der Waals surface area contributed by atoms with Crippen molar-refractivity contribution in [3.63, 3.8) is 0 Å². The minimum absolute atomic E-state index is 0.0739. The monoisotopic (exact) mass is 440 g/mol. The van der Waals surface area contributed by atoms with E-state index in [1.165, 1.54) is 10.4 Å². The molecule has 0 spiro atoms. The van der Waals surface area contributed by atoms with Gasteiger partial charge in [0, 0.05) is 0 Å². The van der Waals surface area contributed by atoms with E-state index in [2.05, 4.69) is 95.3 Å². The lowest BCUT2D eigenvalue weighted by molar-refractivity contribution is -0.205. The van der Waals surface area contributed by atoms with Crippen molar-refractivity contribution in [3.8, 4) is 0 Å². The standard InChI is InChI=1S/C26H36O4Si/c1-24(2,3)31(19-14-10-8-11-15-19,20-16-12-9-13-17-20)27-18-21-22-23(25(4,5)28-21)30-26(6,7)29-22/h8-17,21-23H,18H2,1-7H3/t21-,22-,23-/m1/s1. The van der Waals surface area contributed by atoms with Gasteiger partial charge in [-0.2, -0.15) is 0 Å². The minimum atomic E-state index is -2.62. The topological polar surface area (TPSA) is 36.9 Å². The molecule has 2 aromatic rings. The van der Waals surface area contributed by atoms with Gasteiger partial charge in [0.25, 0.3) is 8.32 Å². The van der Waals surface area contributed by atoms with Crippen molar-refractivity contribution < 1.29 is 18.6 Å². The van der Waals surface area contributed by atoms with E-state index in [1.807, 2.05) is 13.8 Å². The van der Waals surface area contributed by atoms with Crippen LogP contribution in [0.2, 0.25) is 5.04 Å². The number of fused-ring (bicyclic) bond motifs is 1. The van der Waals surface area contributed by atoms with E-state index in [4.69, 9.17) is 18.6 Å². The summed E-state index contributed by atoms with van der Waals surface area (Å²) in [6.07, 6.45) is -0.415. The number of benzene rings is 2. The maximum absolute atomic E-state index is 7.10. The van der Waals surface area contributed by atoms with Crippen molar-refractivity contribution in [2.45, 2.75) is 83.2 Å². The molecular formula is C26H36O4Si. The Labute approximate surface area is 188 Å². The largest absolute Gasteiger partial charge is 0.405 e.